The van der Waals surface area contributed by atoms with Gasteiger partial charge in [-0.1, -0.05) is 0 Å². The highest BCUT2D eigenvalue weighted by atomic mass is 16.5. The SMILES string of the molecule is O=C(CC(=O)N1CCOCC1)N1CCOCC1. The Kier molecular flexibility index (Phi) is 4.33. The van der Waals surface area contributed by atoms with Crippen LogP contribution in [0.15, 0.2) is 0 Å². The summed E-state index contributed by atoms with van der Waals surface area (Å²) >= 11 is 0. The Bertz CT molecular complexity index is 255. The van der Waals surface area contributed by atoms with E-state index in [0.717, 1.165) is 0 Å². The Morgan fingerprint density at radius 2 is 1.12 bits per heavy atom. The van der Waals surface area contributed by atoms with Crippen LogP contribution in [-0.4, -0.2) is 74.2 Å². The molecular weight excluding hydrogens is 224 g/mol. The summed E-state index contributed by atoms with van der Waals surface area (Å²) in [5, 5.41) is 0. The minimum absolute atomic E-state index is 0.0278. The number of rotatable bonds is 2. The second-order valence-electron chi connectivity index (χ2n) is 4.16. The number of hydrogen-bond acceptors (Lipinski definition) is 4. The molecule has 0 radical (unpaired) electrons. The summed E-state index contributed by atoms with van der Waals surface area (Å²) in [5.41, 5.74) is 0. The summed E-state index contributed by atoms with van der Waals surface area (Å²) < 4.78 is 10.3. The van der Waals surface area contributed by atoms with Crippen LogP contribution in [0.4, 0.5) is 0 Å². The van der Waals surface area contributed by atoms with Crippen molar-refractivity contribution in [3.63, 3.8) is 0 Å². The van der Waals surface area contributed by atoms with Crippen molar-refractivity contribution in [3.8, 4) is 0 Å². The highest BCUT2D eigenvalue weighted by Gasteiger charge is 2.23. The van der Waals surface area contributed by atoms with Gasteiger partial charge in [-0.2, -0.15) is 0 Å². The predicted octanol–water partition coefficient (Wildman–Crippen LogP) is -0.906. The highest BCUT2D eigenvalue weighted by Crippen LogP contribution is 2.04. The van der Waals surface area contributed by atoms with Gasteiger partial charge in [0.1, 0.15) is 6.42 Å². The van der Waals surface area contributed by atoms with E-state index >= 15 is 0 Å². The van der Waals surface area contributed by atoms with Crippen molar-refractivity contribution < 1.29 is 19.1 Å². The molecule has 96 valence electrons. The van der Waals surface area contributed by atoms with E-state index < -0.39 is 0 Å². The third kappa shape index (κ3) is 3.41. The van der Waals surface area contributed by atoms with Crippen LogP contribution in [0.25, 0.3) is 0 Å². The van der Waals surface area contributed by atoms with Gasteiger partial charge in [0.2, 0.25) is 11.8 Å². The van der Waals surface area contributed by atoms with Crippen LogP contribution in [0, 0.1) is 0 Å². The average Bonchev–Trinajstić information content (AvgIpc) is 2.40. The molecule has 0 aromatic rings. The lowest BCUT2D eigenvalue weighted by Crippen LogP contribution is -2.45. The highest BCUT2D eigenvalue weighted by molar-refractivity contribution is 5.97. The molecule has 2 aliphatic rings. The summed E-state index contributed by atoms with van der Waals surface area (Å²) in [6.07, 6.45) is -0.0278. The lowest BCUT2D eigenvalue weighted by atomic mass is 10.3. The molecule has 6 nitrogen and oxygen atoms in total. The topological polar surface area (TPSA) is 59.1 Å². The number of ether oxygens (including phenoxy) is 2. The van der Waals surface area contributed by atoms with Crippen molar-refractivity contribution in [1.82, 2.24) is 9.80 Å². The molecule has 0 aromatic carbocycles. The molecule has 2 heterocycles. The van der Waals surface area contributed by atoms with Crippen molar-refractivity contribution in [3.05, 3.63) is 0 Å². The standard InChI is InChI=1S/C11H18N2O4/c14-10(12-1-5-16-6-2-12)9-11(15)13-3-7-17-8-4-13/h1-9H2. The molecule has 2 rings (SSSR count). The average molecular weight is 242 g/mol. The molecule has 0 atom stereocenters. The smallest absolute Gasteiger partial charge is 0.232 e. The van der Waals surface area contributed by atoms with E-state index in [0.29, 0.717) is 52.6 Å². The quantitative estimate of drug-likeness (QED) is 0.588. The normalized spacial score (nSPS) is 21.4. The Labute approximate surface area is 100 Å². The zero-order valence-electron chi connectivity index (χ0n) is 9.89. The van der Waals surface area contributed by atoms with Gasteiger partial charge >= 0.3 is 0 Å². The summed E-state index contributed by atoms with van der Waals surface area (Å²) in [7, 11) is 0. The number of carbonyl (C=O) groups is 2. The van der Waals surface area contributed by atoms with Gasteiger partial charge in [-0.25, -0.2) is 0 Å². The maximum absolute atomic E-state index is 11.8. The number of carbonyl (C=O) groups excluding carboxylic acids is 2. The zero-order chi connectivity index (χ0) is 12.1. The molecular formula is C11H18N2O4. The molecule has 0 saturated carbocycles. The maximum atomic E-state index is 11.8. The Morgan fingerprint density at radius 1 is 0.765 bits per heavy atom. The fourth-order valence-electron chi connectivity index (χ4n) is 1.98. The minimum atomic E-state index is -0.0928. The molecule has 2 saturated heterocycles. The van der Waals surface area contributed by atoms with Crippen molar-refractivity contribution in [2.45, 2.75) is 6.42 Å². The molecule has 0 bridgehead atoms. The predicted molar refractivity (Wildman–Crippen MR) is 59.4 cm³/mol. The summed E-state index contributed by atoms with van der Waals surface area (Å²) in [5.74, 6) is -0.186. The molecule has 0 aromatic heterocycles. The lowest BCUT2D eigenvalue weighted by Gasteiger charge is -2.29. The fourth-order valence-corrected chi connectivity index (χ4v) is 1.98. The largest absolute Gasteiger partial charge is 0.378 e. The molecule has 6 heteroatoms. The van der Waals surface area contributed by atoms with Crippen molar-refractivity contribution in [1.29, 1.82) is 0 Å². The second-order valence-corrected chi connectivity index (χ2v) is 4.16. The van der Waals surface area contributed by atoms with Gasteiger partial charge in [-0.05, 0) is 0 Å². The van der Waals surface area contributed by atoms with Crippen molar-refractivity contribution in [2.75, 3.05) is 52.6 Å². The van der Waals surface area contributed by atoms with E-state index in [2.05, 4.69) is 0 Å². The molecule has 0 aliphatic carbocycles. The van der Waals surface area contributed by atoms with Crippen LogP contribution in [0.2, 0.25) is 0 Å². The first-order valence-corrected chi connectivity index (χ1v) is 5.98. The van der Waals surface area contributed by atoms with Crippen LogP contribution in [-0.2, 0) is 19.1 Å². The summed E-state index contributed by atoms with van der Waals surface area (Å²) in [4.78, 5) is 27.1. The van der Waals surface area contributed by atoms with Gasteiger partial charge < -0.3 is 19.3 Å². The van der Waals surface area contributed by atoms with Gasteiger partial charge in [-0.3, -0.25) is 9.59 Å². The Morgan fingerprint density at radius 3 is 1.47 bits per heavy atom. The number of morpholine rings is 2. The van der Waals surface area contributed by atoms with Gasteiger partial charge in [0, 0.05) is 26.2 Å². The molecule has 0 unspecified atom stereocenters. The van der Waals surface area contributed by atoms with Crippen LogP contribution in [0.1, 0.15) is 6.42 Å². The van der Waals surface area contributed by atoms with E-state index in [4.69, 9.17) is 9.47 Å². The number of hydrogen-bond donors (Lipinski definition) is 0. The van der Waals surface area contributed by atoms with E-state index in [1.807, 2.05) is 0 Å². The monoisotopic (exact) mass is 242 g/mol. The second kappa shape index (κ2) is 5.97. The van der Waals surface area contributed by atoms with Gasteiger partial charge in [-0.15, -0.1) is 0 Å². The number of amides is 2. The maximum Gasteiger partial charge on any atom is 0.232 e. The molecule has 2 aliphatic heterocycles. The van der Waals surface area contributed by atoms with E-state index in [9.17, 15) is 9.59 Å². The molecule has 0 spiro atoms. The van der Waals surface area contributed by atoms with Crippen molar-refractivity contribution in [2.24, 2.45) is 0 Å². The van der Waals surface area contributed by atoms with E-state index in [-0.39, 0.29) is 18.2 Å². The first-order chi connectivity index (χ1) is 8.27. The van der Waals surface area contributed by atoms with E-state index in [1.54, 1.807) is 9.80 Å². The van der Waals surface area contributed by atoms with Crippen LogP contribution >= 0.6 is 0 Å². The van der Waals surface area contributed by atoms with E-state index in [1.165, 1.54) is 0 Å². The number of nitrogens with zero attached hydrogens (tertiary/aromatic N) is 2. The first kappa shape index (κ1) is 12.3. The minimum Gasteiger partial charge on any atom is -0.378 e. The molecule has 17 heavy (non-hydrogen) atoms. The van der Waals surface area contributed by atoms with Crippen molar-refractivity contribution >= 4 is 11.8 Å². The Balaban J connectivity index is 1.78. The van der Waals surface area contributed by atoms with Gasteiger partial charge in [0.15, 0.2) is 0 Å². The first-order valence-electron chi connectivity index (χ1n) is 5.98. The van der Waals surface area contributed by atoms with Gasteiger partial charge in [0.25, 0.3) is 0 Å². The third-order valence-electron chi connectivity index (χ3n) is 3.03. The van der Waals surface area contributed by atoms with Crippen LogP contribution < -0.4 is 0 Å². The fraction of sp³-hybridized carbons (Fsp3) is 0.818. The van der Waals surface area contributed by atoms with Crippen LogP contribution in [0.3, 0.4) is 0 Å². The zero-order valence-corrected chi connectivity index (χ0v) is 9.89. The summed E-state index contributed by atoms with van der Waals surface area (Å²) in [6, 6.07) is 0. The molecule has 0 N–H and O–H groups in total. The lowest BCUT2D eigenvalue weighted by molar-refractivity contribution is -0.145. The molecule has 2 amide bonds. The molecule has 2 fully saturated rings. The van der Waals surface area contributed by atoms with Gasteiger partial charge in [0.05, 0.1) is 26.4 Å². The van der Waals surface area contributed by atoms with Crippen LogP contribution in [0.5, 0.6) is 0 Å². The summed E-state index contributed by atoms with van der Waals surface area (Å²) in [6.45, 7) is 4.64. The Hall–Kier alpha value is -1.14. The third-order valence-corrected chi connectivity index (χ3v) is 3.03.